The van der Waals surface area contributed by atoms with Gasteiger partial charge in [0.05, 0.1) is 11.9 Å². The van der Waals surface area contributed by atoms with E-state index in [9.17, 15) is 29.6 Å². The van der Waals surface area contributed by atoms with Gasteiger partial charge in [-0.05, 0) is 100 Å². The van der Waals surface area contributed by atoms with E-state index in [1.165, 1.54) is 24.0 Å². The summed E-state index contributed by atoms with van der Waals surface area (Å²) in [5.41, 5.74) is 0.739. The molecule has 1 aromatic carbocycles. The van der Waals surface area contributed by atoms with E-state index < -0.39 is 7.81 Å². The van der Waals surface area contributed by atoms with Crippen LogP contribution in [0, 0.1) is 81.9 Å². The fraction of sp³-hybridized carbons (Fsp3) is 0. The van der Waals surface area contributed by atoms with Gasteiger partial charge in [-0.25, -0.2) is 9.37 Å². The van der Waals surface area contributed by atoms with E-state index in [-0.39, 0.29) is 49.6 Å². The first-order chi connectivity index (χ1) is 15.8. The summed E-state index contributed by atoms with van der Waals surface area (Å²) in [6, 6.07) is 12.1. The molecule has 194 valence electrons. The van der Waals surface area contributed by atoms with Crippen LogP contribution in [-0.4, -0.2) is 4.98 Å². The van der Waals surface area contributed by atoms with Gasteiger partial charge in [0.2, 0.25) is 0 Å². The zero-order chi connectivity index (χ0) is 25.1. The molecule has 36 heavy (non-hydrogen) atoms. The molecule has 13 heteroatoms. The van der Waals surface area contributed by atoms with Gasteiger partial charge in [-0.3, -0.25) is 0 Å². The van der Waals surface area contributed by atoms with Crippen molar-refractivity contribution in [3.63, 3.8) is 0 Å². The van der Waals surface area contributed by atoms with Gasteiger partial charge >= 0.3 is 52.8 Å². The maximum atomic E-state index is 12.5. The number of halogens is 8. The smallest absolute Gasteiger partial charge is 1.00 e. The first-order valence-corrected chi connectivity index (χ1v) is 11.5. The molecule has 0 aliphatic heterocycles. The predicted octanol–water partition coefficient (Wildman–Crippen LogP) is 6.23. The zero-order valence-corrected chi connectivity index (χ0v) is 23.7. The van der Waals surface area contributed by atoms with Gasteiger partial charge < -0.3 is 24.0 Å². The van der Waals surface area contributed by atoms with Crippen LogP contribution in [-0.2, 0) is 19.8 Å². The van der Waals surface area contributed by atoms with Crippen LogP contribution >= 0.6 is 7.81 Å². The minimum atomic E-state index is -10.7. The Morgan fingerprint density at radius 3 is 1.44 bits per heavy atom. The molecule has 4 rings (SSSR count). The molecule has 2 aliphatic rings. The second-order valence-corrected chi connectivity index (χ2v) is 8.48. The Labute approximate surface area is 237 Å². The number of aromatic nitrogens is 1. The standard InChI is InChI=1S/C12H10.C11H8FN3.F6P.HI.Os/c1-3-7-11(8-4-1)12-9-5-2-6-10-12;12-9-6-7-11(13-8-9)15-14-10-4-2-1-3-5-10;1-7(2,3,4,5)6;;/h1-10H;1-8H;;1H;/q;;-1;;+2/p-1. The Morgan fingerprint density at radius 2 is 1.06 bits per heavy atom. The van der Waals surface area contributed by atoms with Crippen molar-refractivity contribution in [3.8, 4) is 0 Å². The zero-order valence-electron chi connectivity index (χ0n) is 18.1. The van der Waals surface area contributed by atoms with E-state index in [2.05, 4.69) is 66.6 Å². The van der Waals surface area contributed by atoms with E-state index in [0.717, 1.165) is 11.9 Å². The summed E-state index contributed by atoms with van der Waals surface area (Å²) in [5, 5.41) is 7.81. The van der Waals surface area contributed by atoms with E-state index in [1.807, 2.05) is 43.2 Å². The summed E-state index contributed by atoms with van der Waals surface area (Å²) in [7, 11) is -10.7. The van der Waals surface area contributed by atoms with Crippen molar-refractivity contribution >= 4 is 19.3 Å². The number of nitrogens with zero attached hydrogens (tertiary/aromatic N) is 3. The maximum absolute atomic E-state index is 12.5. The van der Waals surface area contributed by atoms with Crippen molar-refractivity contribution in [2.45, 2.75) is 0 Å². The Morgan fingerprint density at radius 1 is 0.611 bits per heavy atom. The fourth-order valence-electron chi connectivity index (χ4n) is 2.29. The van der Waals surface area contributed by atoms with Crippen molar-refractivity contribution < 1.29 is 73.3 Å². The molecule has 0 bridgehead atoms. The van der Waals surface area contributed by atoms with Gasteiger partial charge in [0.15, 0.2) is 5.82 Å². The quantitative estimate of drug-likeness (QED) is 0.157. The molecular formula is C23H18F7IN3OsP. The summed E-state index contributed by atoms with van der Waals surface area (Å²) >= 11 is 0. The Bertz CT molecular complexity index is 862. The van der Waals surface area contributed by atoms with Gasteiger partial charge in [-0.15, -0.1) is 10.2 Å². The SMILES string of the molecule is F[P-](F)(F)(F)(F)F.Fc1ccc(N=Nc2ccccc2)nc1.[CH]1[CH][CH][C]([C]2[CH][CH][CH][CH][CH]2)[CH][CH]1.[I-].[Os+2]. The first-order valence-electron chi connectivity index (χ1n) is 9.51. The normalized spacial score (nSPS) is 18.6. The summed E-state index contributed by atoms with van der Waals surface area (Å²) in [4.78, 5) is 3.76. The largest absolute Gasteiger partial charge is 2.00 e. The molecule has 1 aromatic heterocycles. The van der Waals surface area contributed by atoms with E-state index in [4.69, 9.17) is 0 Å². The van der Waals surface area contributed by atoms with Gasteiger partial charge in [0.1, 0.15) is 5.82 Å². The molecule has 0 saturated heterocycles. The van der Waals surface area contributed by atoms with Crippen LogP contribution in [0.4, 0.5) is 41.1 Å². The maximum Gasteiger partial charge on any atom is 2.00 e. The first kappa shape index (κ1) is 35.3. The van der Waals surface area contributed by atoms with Crippen LogP contribution < -0.4 is 24.0 Å². The molecule has 1 heterocycles. The van der Waals surface area contributed by atoms with Crippen molar-refractivity contribution in [2.75, 3.05) is 0 Å². The van der Waals surface area contributed by atoms with Crippen LogP contribution in [0.5, 0.6) is 0 Å². The molecule has 0 N–H and O–H groups in total. The predicted molar refractivity (Wildman–Crippen MR) is 118 cm³/mol. The monoisotopic (exact) mass is 819 g/mol. The van der Waals surface area contributed by atoms with E-state index >= 15 is 0 Å². The molecule has 2 fully saturated rings. The van der Waals surface area contributed by atoms with Crippen molar-refractivity contribution in [2.24, 2.45) is 10.2 Å². The molecule has 3 nitrogen and oxygen atoms in total. The Hall–Kier alpha value is -0.724. The van der Waals surface area contributed by atoms with E-state index in [0.29, 0.717) is 5.82 Å². The van der Waals surface area contributed by atoms with E-state index in [1.54, 1.807) is 0 Å². The molecule has 0 atom stereocenters. The molecule has 2 saturated carbocycles. The van der Waals surface area contributed by atoms with Crippen LogP contribution in [0.25, 0.3) is 0 Å². The molecule has 0 unspecified atom stereocenters. The summed E-state index contributed by atoms with van der Waals surface area (Å²) in [5.74, 6) is 2.56. The molecular weight excluding hydrogens is 799 g/mol. The second kappa shape index (κ2) is 15.0. The summed E-state index contributed by atoms with van der Waals surface area (Å²) in [6.07, 6.45) is 21.9. The summed E-state index contributed by atoms with van der Waals surface area (Å²) < 4.78 is 71.7. The second-order valence-electron chi connectivity index (χ2n) is 6.56. The minimum absolute atomic E-state index is 0. The number of hydrogen-bond donors (Lipinski definition) is 0. The van der Waals surface area contributed by atoms with Gasteiger partial charge in [-0.1, -0.05) is 18.2 Å². The number of rotatable bonds is 3. The molecule has 0 spiro atoms. The number of hydrogen-bond acceptors (Lipinski definition) is 3. The third-order valence-corrected chi connectivity index (χ3v) is 3.62. The van der Waals surface area contributed by atoms with Crippen LogP contribution in [0.1, 0.15) is 0 Å². The minimum Gasteiger partial charge on any atom is -1.00 e. The average molecular weight is 818 g/mol. The summed E-state index contributed by atoms with van der Waals surface area (Å²) in [6.45, 7) is 0. The molecule has 0 amide bonds. The fourth-order valence-corrected chi connectivity index (χ4v) is 2.29. The Balaban J connectivity index is 0.000000529. The molecule has 12 radical (unpaired) electrons. The Kier molecular flexibility index (Phi) is 14.7. The average Bonchev–Trinajstić information content (AvgIpc) is 2.79. The number of pyridine rings is 1. The molecule has 2 aromatic rings. The number of azo groups is 1. The topological polar surface area (TPSA) is 37.6 Å². The van der Waals surface area contributed by atoms with Gasteiger partial charge in [-0.2, -0.15) is 0 Å². The van der Waals surface area contributed by atoms with Crippen molar-refractivity contribution in [1.82, 2.24) is 4.98 Å². The number of benzene rings is 1. The third-order valence-electron chi connectivity index (χ3n) is 3.62. The van der Waals surface area contributed by atoms with Crippen LogP contribution in [0.3, 0.4) is 0 Å². The van der Waals surface area contributed by atoms with Gasteiger partial charge in [0.25, 0.3) is 0 Å². The third kappa shape index (κ3) is 19.4. The van der Waals surface area contributed by atoms with Crippen LogP contribution in [0.2, 0.25) is 0 Å². The van der Waals surface area contributed by atoms with Crippen molar-refractivity contribution in [3.05, 3.63) is 131 Å². The van der Waals surface area contributed by atoms with Crippen molar-refractivity contribution in [1.29, 1.82) is 0 Å². The van der Waals surface area contributed by atoms with Crippen LogP contribution in [0.15, 0.2) is 58.9 Å². The van der Waals surface area contributed by atoms with Gasteiger partial charge in [0, 0.05) is 0 Å². The molecule has 2 aliphatic carbocycles.